The quantitative estimate of drug-likeness (QED) is 0.857. The number of rotatable bonds is 5. The van der Waals surface area contributed by atoms with Crippen LogP contribution in [0.2, 0.25) is 0 Å². The van der Waals surface area contributed by atoms with E-state index in [1.165, 1.54) is 0 Å². The van der Waals surface area contributed by atoms with Crippen molar-refractivity contribution in [3.63, 3.8) is 0 Å². The topological polar surface area (TPSA) is 66.9 Å². The van der Waals surface area contributed by atoms with Crippen molar-refractivity contribution in [1.29, 1.82) is 0 Å². The zero-order valence-electron chi connectivity index (χ0n) is 12.4. The van der Waals surface area contributed by atoms with Crippen LogP contribution in [-0.4, -0.2) is 28.2 Å². The van der Waals surface area contributed by atoms with Crippen LogP contribution in [-0.2, 0) is 0 Å². The van der Waals surface area contributed by atoms with Crippen LogP contribution in [0, 0.1) is 5.92 Å². The summed E-state index contributed by atoms with van der Waals surface area (Å²) in [7, 11) is 0. The number of hydrogen-bond acceptors (Lipinski definition) is 4. The highest BCUT2D eigenvalue weighted by molar-refractivity contribution is 5.92. The Morgan fingerprint density at radius 1 is 1.26 bits per heavy atom. The predicted octanol–water partition coefficient (Wildman–Crippen LogP) is 2.46. The maximum atomic E-state index is 11.8. The molecule has 1 rings (SSSR count). The molecule has 0 spiro atoms. The Kier molecular flexibility index (Phi) is 5.27. The van der Waals surface area contributed by atoms with Gasteiger partial charge in [-0.05, 0) is 45.2 Å². The smallest absolute Gasteiger partial charge is 0.271 e. The fraction of sp³-hybridized carbons (Fsp3) is 0.643. The Morgan fingerprint density at radius 2 is 1.95 bits per heavy atom. The van der Waals surface area contributed by atoms with Crippen LogP contribution >= 0.6 is 0 Å². The Morgan fingerprint density at radius 3 is 2.42 bits per heavy atom. The van der Waals surface area contributed by atoms with E-state index in [-0.39, 0.29) is 11.4 Å². The van der Waals surface area contributed by atoms with Crippen LogP contribution in [0.4, 0.5) is 5.82 Å². The monoisotopic (exact) mass is 264 g/mol. The van der Waals surface area contributed by atoms with E-state index in [9.17, 15) is 4.79 Å². The molecule has 0 aliphatic carbocycles. The molecule has 0 atom stereocenters. The van der Waals surface area contributed by atoms with Gasteiger partial charge < -0.3 is 10.6 Å². The van der Waals surface area contributed by atoms with Crippen molar-refractivity contribution in [2.75, 3.05) is 11.9 Å². The largest absolute Gasteiger partial charge is 0.364 e. The van der Waals surface area contributed by atoms with Crippen molar-refractivity contribution in [2.24, 2.45) is 5.92 Å². The molecule has 0 saturated carbocycles. The lowest BCUT2D eigenvalue weighted by atomic mass is 10.1. The first-order chi connectivity index (χ1) is 8.78. The molecule has 0 fully saturated rings. The molecule has 0 aliphatic heterocycles. The number of nitrogens with one attached hydrogen (secondary N) is 2. The molecule has 19 heavy (non-hydrogen) atoms. The first-order valence-corrected chi connectivity index (χ1v) is 6.68. The number of carbonyl (C=O) groups excluding carboxylic acids is 1. The summed E-state index contributed by atoms with van der Waals surface area (Å²) in [6.07, 6.45) is 0.961. The highest BCUT2D eigenvalue weighted by Crippen LogP contribution is 2.10. The molecule has 0 aromatic carbocycles. The van der Waals surface area contributed by atoms with Crippen molar-refractivity contribution in [3.05, 3.63) is 17.8 Å². The number of nitrogens with zero attached hydrogens (tertiary/aromatic N) is 2. The lowest BCUT2D eigenvalue weighted by Gasteiger charge is -2.20. The SMILES string of the molecule is CC(C)CCNC(=O)c1ccc(NC(C)(C)C)nn1. The van der Waals surface area contributed by atoms with Crippen molar-refractivity contribution in [3.8, 4) is 0 Å². The minimum absolute atomic E-state index is 0.0737. The van der Waals surface area contributed by atoms with Crippen molar-refractivity contribution >= 4 is 11.7 Å². The number of anilines is 1. The maximum absolute atomic E-state index is 11.8. The molecule has 0 aliphatic rings. The summed E-state index contributed by atoms with van der Waals surface area (Å²) in [6, 6.07) is 3.46. The van der Waals surface area contributed by atoms with Gasteiger partial charge in [0.2, 0.25) is 0 Å². The molecule has 2 N–H and O–H groups in total. The van der Waals surface area contributed by atoms with Crippen LogP contribution < -0.4 is 10.6 Å². The molecule has 1 aromatic rings. The minimum atomic E-state index is -0.171. The molecule has 5 heteroatoms. The highest BCUT2D eigenvalue weighted by atomic mass is 16.1. The second-order valence-corrected chi connectivity index (χ2v) is 6.12. The summed E-state index contributed by atoms with van der Waals surface area (Å²) in [6.45, 7) is 11.0. The van der Waals surface area contributed by atoms with Crippen molar-refractivity contribution in [2.45, 2.75) is 46.6 Å². The molecule has 1 aromatic heterocycles. The minimum Gasteiger partial charge on any atom is -0.364 e. The normalized spacial score (nSPS) is 11.5. The summed E-state index contributed by atoms with van der Waals surface area (Å²) in [5.41, 5.74) is 0.277. The number of aromatic nitrogens is 2. The number of hydrogen-bond donors (Lipinski definition) is 2. The van der Waals surface area contributed by atoms with E-state index in [4.69, 9.17) is 0 Å². The molecule has 1 amide bonds. The lowest BCUT2D eigenvalue weighted by molar-refractivity contribution is 0.0946. The predicted molar refractivity (Wildman–Crippen MR) is 77.2 cm³/mol. The summed E-state index contributed by atoms with van der Waals surface area (Å²) < 4.78 is 0. The second kappa shape index (κ2) is 6.50. The zero-order chi connectivity index (χ0) is 14.5. The van der Waals surface area contributed by atoms with Gasteiger partial charge in [0, 0.05) is 12.1 Å². The van der Waals surface area contributed by atoms with E-state index in [0.717, 1.165) is 6.42 Å². The zero-order valence-corrected chi connectivity index (χ0v) is 12.4. The third-order valence-electron chi connectivity index (χ3n) is 2.41. The van der Waals surface area contributed by atoms with E-state index in [1.807, 2.05) is 20.8 Å². The van der Waals surface area contributed by atoms with Crippen LogP contribution in [0.5, 0.6) is 0 Å². The Bertz CT molecular complexity index is 406. The van der Waals surface area contributed by atoms with Gasteiger partial charge in [0.25, 0.3) is 5.91 Å². The standard InChI is InChI=1S/C14H24N4O/c1-10(2)8-9-15-13(19)11-6-7-12(18-17-11)16-14(3,4)5/h6-7,10H,8-9H2,1-5H3,(H,15,19)(H,16,18). The van der Waals surface area contributed by atoms with Gasteiger partial charge in [0.05, 0.1) is 0 Å². The molecule has 5 nitrogen and oxygen atoms in total. The van der Waals surface area contributed by atoms with Gasteiger partial charge in [0.15, 0.2) is 5.69 Å². The highest BCUT2D eigenvalue weighted by Gasteiger charge is 2.12. The van der Waals surface area contributed by atoms with Crippen molar-refractivity contribution in [1.82, 2.24) is 15.5 Å². The van der Waals surface area contributed by atoms with Gasteiger partial charge >= 0.3 is 0 Å². The average Bonchev–Trinajstić information content (AvgIpc) is 2.27. The summed E-state index contributed by atoms with van der Waals surface area (Å²) >= 11 is 0. The van der Waals surface area contributed by atoms with E-state index in [1.54, 1.807) is 12.1 Å². The van der Waals surface area contributed by atoms with Crippen LogP contribution in [0.3, 0.4) is 0 Å². The van der Waals surface area contributed by atoms with E-state index >= 15 is 0 Å². The van der Waals surface area contributed by atoms with Gasteiger partial charge in [0.1, 0.15) is 5.82 Å². The van der Waals surface area contributed by atoms with Gasteiger partial charge in [-0.3, -0.25) is 4.79 Å². The molecule has 0 saturated heterocycles. The van der Waals surface area contributed by atoms with Gasteiger partial charge in [-0.25, -0.2) is 0 Å². The van der Waals surface area contributed by atoms with Crippen LogP contribution in [0.1, 0.15) is 51.5 Å². The third kappa shape index (κ3) is 6.18. The lowest BCUT2D eigenvalue weighted by Crippen LogP contribution is -2.28. The fourth-order valence-corrected chi connectivity index (χ4v) is 1.47. The number of carbonyl (C=O) groups is 1. The van der Waals surface area contributed by atoms with Crippen LogP contribution in [0.15, 0.2) is 12.1 Å². The summed E-state index contributed by atoms with van der Waals surface area (Å²) in [5, 5.41) is 14.0. The van der Waals surface area contributed by atoms with E-state index in [2.05, 4.69) is 34.7 Å². The molecule has 0 bridgehead atoms. The molecule has 106 valence electrons. The summed E-state index contributed by atoms with van der Waals surface area (Å²) in [4.78, 5) is 11.8. The molecule has 1 heterocycles. The molecule has 0 radical (unpaired) electrons. The number of amides is 1. The second-order valence-electron chi connectivity index (χ2n) is 6.12. The van der Waals surface area contributed by atoms with E-state index in [0.29, 0.717) is 24.0 Å². The average molecular weight is 264 g/mol. The van der Waals surface area contributed by atoms with E-state index < -0.39 is 0 Å². The molecular weight excluding hydrogens is 240 g/mol. The Labute approximate surface area is 115 Å². The summed E-state index contributed by atoms with van der Waals surface area (Å²) in [5.74, 6) is 1.08. The third-order valence-corrected chi connectivity index (χ3v) is 2.41. The fourth-order valence-electron chi connectivity index (χ4n) is 1.47. The van der Waals surface area contributed by atoms with Crippen LogP contribution in [0.25, 0.3) is 0 Å². The van der Waals surface area contributed by atoms with Crippen molar-refractivity contribution < 1.29 is 4.79 Å². The Balaban J connectivity index is 2.53. The van der Waals surface area contributed by atoms with Gasteiger partial charge in [-0.1, -0.05) is 13.8 Å². The maximum Gasteiger partial charge on any atom is 0.271 e. The van der Waals surface area contributed by atoms with Gasteiger partial charge in [-0.15, -0.1) is 10.2 Å². The first-order valence-electron chi connectivity index (χ1n) is 6.68. The molecule has 0 unspecified atom stereocenters. The molecular formula is C14H24N4O. The first kappa shape index (κ1) is 15.4. The van der Waals surface area contributed by atoms with Gasteiger partial charge in [-0.2, -0.15) is 0 Å². The Hall–Kier alpha value is -1.65.